The maximum atomic E-state index is 12.0. The van der Waals surface area contributed by atoms with Gasteiger partial charge in [0, 0.05) is 24.3 Å². The molecule has 0 radical (unpaired) electrons. The molecule has 1 aromatic rings. The quantitative estimate of drug-likeness (QED) is 0.525. The van der Waals surface area contributed by atoms with Gasteiger partial charge in [0.15, 0.2) is 0 Å². The van der Waals surface area contributed by atoms with Crippen molar-refractivity contribution in [1.82, 2.24) is 5.32 Å². The second-order valence-electron chi connectivity index (χ2n) is 6.07. The van der Waals surface area contributed by atoms with Gasteiger partial charge in [-0.05, 0) is 29.9 Å². The van der Waals surface area contributed by atoms with Gasteiger partial charge < -0.3 is 5.32 Å². The number of hydrogen-bond donors (Lipinski definition) is 1. The number of nitro benzene ring substituents is 1. The molecule has 3 unspecified atom stereocenters. The zero-order valence-corrected chi connectivity index (χ0v) is 13.0. The van der Waals surface area contributed by atoms with E-state index in [1.165, 1.54) is 24.6 Å². The highest BCUT2D eigenvalue weighted by Crippen LogP contribution is 2.29. The summed E-state index contributed by atoms with van der Waals surface area (Å²) in [5, 5.41) is 13.8. The molecule has 0 spiro atoms. The van der Waals surface area contributed by atoms with Crippen LogP contribution >= 0.6 is 0 Å². The number of hydrogen-bond acceptors (Lipinski definition) is 3. The number of amides is 1. The van der Waals surface area contributed by atoms with Crippen molar-refractivity contribution in [2.45, 2.75) is 39.2 Å². The Bertz CT molecular complexity index is 583. The molecule has 2 rings (SSSR count). The van der Waals surface area contributed by atoms with Crippen LogP contribution in [0.15, 0.2) is 30.3 Å². The molecule has 1 aromatic carbocycles. The van der Waals surface area contributed by atoms with Crippen LogP contribution in [0.5, 0.6) is 0 Å². The Kier molecular flexibility index (Phi) is 5.31. The van der Waals surface area contributed by atoms with Crippen molar-refractivity contribution in [1.29, 1.82) is 0 Å². The first-order valence-corrected chi connectivity index (χ1v) is 7.70. The number of benzene rings is 1. The molecular weight excluding hydrogens is 280 g/mol. The van der Waals surface area contributed by atoms with Crippen LogP contribution in [0.2, 0.25) is 0 Å². The van der Waals surface area contributed by atoms with Crippen molar-refractivity contribution < 1.29 is 9.72 Å². The van der Waals surface area contributed by atoms with E-state index in [9.17, 15) is 14.9 Å². The molecule has 5 heteroatoms. The summed E-state index contributed by atoms with van der Waals surface area (Å²) in [6.07, 6.45) is 6.44. The van der Waals surface area contributed by atoms with E-state index in [1.54, 1.807) is 18.2 Å². The van der Waals surface area contributed by atoms with Crippen LogP contribution < -0.4 is 5.32 Å². The summed E-state index contributed by atoms with van der Waals surface area (Å²) in [5.41, 5.74) is 0.673. The largest absolute Gasteiger partial charge is 0.350 e. The van der Waals surface area contributed by atoms with E-state index in [0.717, 1.165) is 12.8 Å². The van der Waals surface area contributed by atoms with Crippen LogP contribution in [-0.2, 0) is 4.79 Å². The minimum Gasteiger partial charge on any atom is -0.350 e. The molecular formula is C17H22N2O3. The second-order valence-corrected chi connectivity index (χ2v) is 6.07. The monoisotopic (exact) mass is 302 g/mol. The Morgan fingerprint density at radius 3 is 2.86 bits per heavy atom. The molecule has 1 aliphatic rings. The summed E-state index contributed by atoms with van der Waals surface area (Å²) < 4.78 is 0. The van der Waals surface area contributed by atoms with Gasteiger partial charge in [-0.3, -0.25) is 14.9 Å². The van der Waals surface area contributed by atoms with Gasteiger partial charge in [-0.15, -0.1) is 0 Å². The lowest BCUT2D eigenvalue weighted by atomic mass is 9.78. The minimum absolute atomic E-state index is 0.0253. The number of nitrogens with zero attached hydrogens (tertiary/aromatic N) is 1. The first-order chi connectivity index (χ1) is 10.5. The Hall–Kier alpha value is -2.17. The van der Waals surface area contributed by atoms with Crippen molar-refractivity contribution in [3.05, 3.63) is 46.0 Å². The standard InChI is InChI=1S/C17H22N2O3/c1-12-5-3-8-16(13(12)2)18-17(20)10-9-14-6-4-7-15(11-14)19(21)22/h4,6-7,9-13,16H,3,5,8H2,1-2H3,(H,18,20)/b10-9+. The van der Waals surface area contributed by atoms with Crippen LogP contribution in [0.1, 0.15) is 38.7 Å². The van der Waals surface area contributed by atoms with Gasteiger partial charge in [0.1, 0.15) is 0 Å². The molecule has 118 valence electrons. The molecule has 0 heterocycles. The van der Waals surface area contributed by atoms with Gasteiger partial charge in [-0.1, -0.05) is 38.8 Å². The number of nitrogens with one attached hydrogen (secondary N) is 1. The van der Waals surface area contributed by atoms with Gasteiger partial charge in [0.2, 0.25) is 5.91 Å². The fraction of sp³-hybridized carbons (Fsp3) is 0.471. The minimum atomic E-state index is -0.442. The van der Waals surface area contributed by atoms with E-state index in [1.807, 2.05) is 0 Å². The molecule has 5 nitrogen and oxygen atoms in total. The smallest absolute Gasteiger partial charge is 0.270 e. The normalized spacial score (nSPS) is 25.1. The van der Waals surface area contributed by atoms with Crippen molar-refractivity contribution in [3.8, 4) is 0 Å². The van der Waals surface area contributed by atoms with Crippen LogP contribution in [0.3, 0.4) is 0 Å². The van der Waals surface area contributed by atoms with E-state index in [2.05, 4.69) is 19.2 Å². The molecule has 1 amide bonds. The van der Waals surface area contributed by atoms with Crippen LogP contribution in [0.4, 0.5) is 5.69 Å². The molecule has 22 heavy (non-hydrogen) atoms. The van der Waals surface area contributed by atoms with E-state index < -0.39 is 4.92 Å². The van der Waals surface area contributed by atoms with Crippen LogP contribution in [0.25, 0.3) is 6.08 Å². The number of nitro groups is 1. The average molecular weight is 302 g/mol. The molecule has 1 N–H and O–H groups in total. The van der Waals surface area contributed by atoms with Crippen molar-refractivity contribution in [2.24, 2.45) is 11.8 Å². The van der Waals surface area contributed by atoms with E-state index in [0.29, 0.717) is 17.4 Å². The van der Waals surface area contributed by atoms with Crippen molar-refractivity contribution in [3.63, 3.8) is 0 Å². The first-order valence-electron chi connectivity index (χ1n) is 7.70. The molecule has 0 aliphatic heterocycles. The highest BCUT2D eigenvalue weighted by atomic mass is 16.6. The zero-order valence-electron chi connectivity index (χ0n) is 13.0. The van der Waals surface area contributed by atoms with Crippen molar-refractivity contribution in [2.75, 3.05) is 0 Å². The highest BCUT2D eigenvalue weighted by Gasteiger charge is 2.27. The number of carbonyl (C=O) groups is 1. The summed E-state index contributed by atoms with van der Waals surface area (Å²) in [6, 6.07) is 6.45. The van der Waals surface area contributed by atoms with Crippen LogP contribution in [0, 0.1) is 22.0 Å². The van der Waals surface area contributed by atoms with E-state index >= 15 is 0 Å². The maximum Gasteiger partial charge on any atom is 0.270 e. The van der Waals surface area contributed by atoms with Crippen LogP contribution in [-0.4, -0.2) is 16.9 Å². The highest BCUT2D eigenvalue weighted by molar-refractivity contribution is 5.92. The van der Waals surface area contributed by atoms with Gasteiger partial charge in [0.25, 0.3) is 5.69 Å². The molecule has 1 saturated carbocycles. The number of non-ortho nitro benzene ring substituents is 1. The number of rotatable bonds is 4. The third-order valence-electron chi connectivity index (χ3n) is 4.54. The molecule has 3 atom stereocenters. The SMILES string of the molecule is CC1CCCC(NC(=O)/C=C/c2cccc([N+](=O)[O-])c2)C1C. The Morgan fingerprint density at radius 1 is 1.36 bits per heavy atom. The van der Waals surface area contributed by atoms with Gasteiger partial charge in [-0.2, -0.15) is 0 Å². The molecule has 0 aromatic heterocycles. The summed E-state index contributed by atoms with van der Waals surface area (Å²) in [7, 11) is 0. The average Bonchev–Trinajstić information content (AvgIpc) is 2.50. The first kappa shape index (κ1) is 16.2. The predicted octanol–water partition coefficient (Wildman–Crippen LogP) is 3.55. The zero-order chi connectivity index (χ0) is 16.1. The second kappa shape index (κ2) is 7.20. The summed E-state index contributed by atoms with van der Waals surface area (Å²) in [4.78, 5) is 22.3. The Balaban J connectivity index is 1.96. The molecule has 0 bridgehead atoms. The molecule has 1 fully saturated rings. The summed E-state index contributed by atoms with van der Waals surface area (Å²) in [5.74, 6) is 0.959. The lowest BCUT2D eigenvalue weighted by molar-refractivity contribution is -0.384. The van der Waals surface area contributed by atoms with Crippen molar-refractivity contribution >= 4 is 17.7 Å². The lowest BCUT2D eigenvalue weighted by Gasteiger charge is -2.34. The fourth-order valence-corrected chi connectivity index (χ4v) is 2.93. The third-order valence-corrected chi connectivity index (χ3v) is 4.54. The lowest BCUT2D eigenvalue weighted by Crippen LogP contribution is -2.43. The third kappa shape index (κ3) is 4.16. The molecule has 1 aliphatic carbocycles. The number of carbonyl (C=O) groups excluding carboxylic acids is 1. The molecule has 0 saturated heterocycles. The summed E-state index contributed by atoms with van der Waals surface area (Å²) in [6.45, 7) is 4.40. The van der Waals surface area contributed by atoms with E-state index in [4.69, 9.17) is 0 Å². The van der Waals surface area contributed by atoms with Gasteiger partial charge in [-0.25, -0.2) is 0 Å². The maximum absolute atomic E-state index is 12.0. The van der Waals surface area contributed by atoms with E-state index in [-0.39, 0.29) is 17.6 Å². The summed E-state index contributed by atoms with van der Waals surface area (Å²) >= 11 is 0. The fourth-order valence-electron chi connectivity index (χ4n) is 2.93. The Labute approximate surface area is 130 Å². The van der Waals surface area contributed by atoms with Gasteiger partial charge in [0.05, 0.1) is 4.92 Å². The van der Waals surface area contributed by atoms with Gasteiger partial charge >= 0.3 is 0 Å². The Morgan fingerprint density at radius 2 is 2.14 bits per heavy atom. The predicted molar refractivity (Wildman–Crippen MR) is 86.2 cm³/mol. The topological polar surface area (TPSA) is 72.2 Å².